The van der Waals surface area contributed by atoms with Gasteiger partial charge in [0.2, 0.25) is 5.91 Å². The number of aryl methyl sites for hydroxylation is 1. The first-order chi connectivity index (χ1) is 11.7. The van der Waals surface area contributed by atoms with Gasteiger partial charge in [0.15, 0.2) is 0 Å². The SMILES string of the molecule is CCn1ccnc1CN1CCCN(C(=O)[C@H](C)n2cncn2)CC1. The average Bonchev–Trinajstić information content (AvgIpc) is 3.22. The highest BCUT2D eigenvalue weighted by Gasteiger charge is 2.25. The standard InChI is InChI=1S/C16H25N7O/c1-3-21-8-5-18-15(21)11-20-6-4-7-22(10-9-20)16(24)14(2)23-13-17-12-19-23/h5,8,12-14H,3-4,6-7,9-11H2,1-2H3/t14-/m0/s1. The molecule has 0 aromatic carbocycles. The van der Waals surface area contributed by atoms with Crippen molar-refractivity contribution in [1.29, 1.82) is 0 Å². The minimum Gasteiger partial charge on any atom is -0.340 e. The van der Waals surface area contributed by atoms with E-state index in [-0.39, 0.29) is 11.9 Å². The number of hydrogen-bond donors (Lipinski definition) is 0. The van der Waals surface area contributed by atoms with Crippen LogP contribution < -0.4 is 0 Å². The smallest absolute Gasteiger partial charge is 0.247 e. The van der Waals surface area contributed by atoms with Crippen LogP contribution in [0, 0.1) is 0 Å². The summed E-state index contributed by atoms with van der Waals surface area (Å²) in [7, 11) is 0. The van der Waals surface area contributed by atoms with Crippen LogP contribution in [0.25, 0.3) is 0 Å². The molecule has 3 heterocycles. The lowest BCUT2D eigenvalue weighted by atomic mass is 10.2. The van der Waals surface area contributed by atoms with Crippen molar-refractivity contribution in [3.05, 3.63) is 30.9 Å². The fraction of sp³-hybridized carbons (Fsp3) is 0.625. The van der Waals surface area contributed by atoms with E-state index < -0.39 is 0 Å². The van der Waals surface area contributed by atoms with Gasteiger partial charge in [0.25, 0.3) is 0 Å². The maximum atomic E-state index is 12.7. The van der Waals surface area contributed by atoms with Gasteiger partial charge in [-0.1, -0.05) is 0 Å². The third kappa shape index (κ3) is 3.64. The van der Waals surface area contributed by atoms with E-state index in [2.05, 4.69) is 31.5 Å². The third-order valence-electron chi connectivity index (χ3n) is 4.60. The minimum absolute atomic E-state index is 0.109. The van der Waals surface area contributed by atoms with Gasteiger partial charge < -0.3 is 9.47 Å². The van der Waals surface area contributed by atoms with Crippen LogP contribution in [0.15, 0.2) is 25.0 Å². The van der Waals surface area contributed by atoms with Crippen molar-refractivity contribution in [1.82, 2.24) is 34.1 Å². The maximum Gasteiger partial charge on any atom is 0.247 e. The molecule has 0 spiro atoms. The molecule has 1 aliphatic rings. The van der Waals surface area contributed by atoms with Gasteiger partial charge in [0, 0.05) is 45.1 Å². The van der Waals surface area contributed by atoms with Crippen LogP contribution in [0.5, 0.6) is 0 Å². The number of amides is 1. The highest BCUT2D eigenvalue weighted by Crippen LogP contribution is 2.13. The van der Waals surface area contributed by atoms with E-state index in [1.54, 1.807) is 11.0 Å². The Morgan fingerprint density at radius 1 is 1.29 bits per heavy atom. The van der Waals surface area contributed by atoms with Crippen molar-refractivity contribution in [3.63, 3.8) is 0 Å². The first-order valence-corrected chi connectivity index (χ1v) is 8.54. The van der Waals surface area contributed by atoms with Gasteiger partial charge in [-0.15, -0.1) is 0 Å². The van der Waals surface area contributed by atoms with Crippen molar-refractivity contribution in [3.8, 4) is 0 Å². The molecular formula is C16H25N7O. The Labute approximate surface area is 142 Å². The number of rotatable bonds is 5. The highest BCUT2D eigenvalue weighted by atomic mass is 16.2. The van der Waals surface area contributed by atoms with E-state index in [1.807, 2.05) is 24.2 Å². The average molecular weight is 331 g/mol. The summed E-state index contributed by atoms with van der Waals surface area (Å²) in [6, 6.07) is -0.307. The van der Waals surface area contributed by atoms with Gasteiger partial charge in [-0.05, 0) is 20.3 Å². The van der Waals surface area contributed by atoms with Crippen molar-refractivity contribution in [2.75, 3.05) is 26.2 Å². The zero-order valence-corrected chi connectivity index (χ0v) is 14.4. The van der Waals surface area contributed by atoms with Gasteiger partial charge in [-0.25, -0.2) is 14.6 Å². The molecular weight excluding hydrogens is 306 g/mol. The lowest BCUT2D eigenvalue weighted by molar-refractivity contribution is -0.134. The Kier molecular flexibility index (Phi) is 5.24. The van der Waals surface area contributed by atoms with E-state index in [1.165, 1.54) is 6.33 Å². The van der Waals surface area contributed by atoms with Crippen molar-refractivity contribution in [2.45, 2.75) is 39.4 Å². The summed E-state index contributed by atoms with van der Waals surface area (Å²) in [5.74, 6) is 1.20. The highest BCUT2D eigenvalue weighted by molar-refractivity contribution is 5.80. The monoisotopic (exact) mass is 331 g/mol. The van der Waals surface area contributed by atoms with Gasteiger partial charge in [-0.2, -0.15) is 5.10 Å². The molecule has 0 aliphatic carbocycles. The number of aromatic nitrogens is 5. The number of imidazole rings is 1. The number of nitrogens with zero attached hydrogens (tertiary/aromatic N) is 7. The number of carbonyl (C=O) groups excluding carboxylic acids is 1. The molecule has 1 amide bonds. The van der Waals surface area contributed by atoms with E-state index in [0.717, 1.165) is 51.5 Å². The molecule has 0 saturated carbocycles. The van der Waals surface area contributed by atoms with E-state index in [9.17, 15) is 4.79 Å². The molecule has 2 aromatic rings. The van der Waals surface area contributed by atoms with E-state index >= 15 is 0 Å². The van der Waals surface area contributed by atoms with Crippen molar-refractivity contribution >= 4 is 5.91 Å². The summed E-state index contributed by atoms with van der Waals surface area (Å²) in [5, 5.41) is 4.08. The molecule has 8 nitrogen and oxygen atoms in total. The molecule has 0 N–H and O–H groups in total. The second-order valence-electron chi connectivity index (χ2n) is 6.14. The molecule has 0 bridgehead atoms. The predicted octanol–water partition coefficient (Wildman–Crippen LogP) is 0.790. The summed E-state index contributed by atoms with van der Waals surface area (Å²) < 4.78 is 3.78. The summed E-state index contributed by atoms with van der Waals surface area (Å²) in [6.45, 7) is 9.15. The van der Waals surface area contributed by atoms with E-state index in [0.29, 0.717) is 0 Å². The Morgan fingerprint density at radius 3 is 2.92 bits per heavy atom. The minimum atomic E-state index is -0.307. The summed E-state index contributed by atoms with van der Waals surface area (Å²) >= 11 is 0. The van der Waals surface area contributed by atoms with Crippen LogP contribution in [0.3, 0.4) is 0 Å². The van der Waals surface area contributed by atoms with Crippen molar-refractivity contribution in [2.24, 2.45) is 0 Å². The summed E-state index contributed by atoms with van der Waals surface area (Å²) in [5.41, 5.74) is 0. The van der Waals surface area contributed by atoms with Gasteiger partial charge in [-0.3, -0.25) is 9.69 Å². The van der Waals surface area contributed by atoms with Crippen LogP contribution in [0.1, 0.15) is 32.1 Å². The largest absolute Gasteiger partial charge is 0.340 e. The van der Waals surface area contributed by atoms with Gasteiger partial charge in [0.1, 0.15) is 24.5 Å². The molecule has 2 aromatic heterocycles. The fourth-order valence-electron chi connectivity index (χ4n) is 3.12. The number of carbonyl (C=O) groups is 1. The first-order valence-electron chi connectivity index (χ1n) is 8.54. The third-order valence-corrected chi connectivity index (χ3v) is 4.60. The summed E-state index contributed by atoms with van der Waals surface area (Å²) in [4.78, 5) is 25.4. The van der Waals surface area contributed by atoms with Crippen molar-refractivity contribution < 1.29 is 4.79 Å². The fourth-order valence-corrected chi connectivity index (χ4v) is 3.12. The van der Waals surface area contributed by atoms with Gasteiger partial charge in [0.05, 0.1) is 6.54 Å². The molecule has 1 aliphatic heterocycles. The topological polar surface area (TPSA) is 72.1 Å². The lowest BCUT2D eigenvalue weighted by Crippen LogP contribution is -2.39. The molecule has 0 radical (unpaired) electrons. The molecule has 0 unspecified atom stereocenters. The zero-order chi connectivity index (χ0) is 16.9. The van der Waals surface area contributed by atoms with Crippen LogP contribution in [0.2, 0.25) is 0 Å². The maximum absolute atomic E-state index is 12.7. The zero-order valence-electron chi connectivity index (χ0n) is 14.4. The molecule has 1 saturated heterocycles. The predicted molar refractivity (Wildman–Crippen MR) is 89.1 cm³/mol. The van der Waals surface area contributed by atoms with E-state index in [4.69, 9.17) is 0 Å². The quantitative estimate of drug-likeness (QED) is 0.810. The molecule has 24 heavy (non-hydrogen) atoms. The second kappa shape index (κ2) is 7.57. The Bertz CT molecular complexity index is 651. The Balaban J connectivity index is 1.58. The van der Waals surface area contributed by atoms with Crippen LogP contribution in [0.4, 0.5) is 0 Å². The Hall–Kier alpha value is -2.22. The molecule has 8 heteroatoms. The first kappa shape index (κ1) is 16.6. The molecule has 130 valence electrons. The Morgan fingerprint density at radius 2 is 2.17 bits per heavy atom. The molecule has 1 atom stereocenters. The number of hydrogen-bond acceptors (Lipinski definition) is 5. The molecule has 3 rings (SSSR count). The second-order valence-corrected chi connectivity index (χ2v) is 6.14. The van der Waals surface area contributed by atoms with Gasteiger partial charge >= 0.3 is 0 Å². The van der Waals surface area contributed by atoms with Crippen LogP contribution >= 0.6 is 0 Å². The normalized spacial score (nSPS) is 17.7. The molecule has 1 fully saturated rings. The van der Waals surface area contributed by atoms with Crippen LogP contribution in [-0.2, 0) is 17.9 Å². The summed E-state index contributed by atoms with van der Waals surface area (Å²) in [6.07, 6.45) is 7.90. The van der Waals surface area contributed by atoms with Crippen LogP contribution in [-0.4, -0.2) is 66.2 Å². The lowest BCUT2D eigenvalue weighted by Gasteiger charge is -2.24.